The van der Waals surface area contributed by atoms with Gasteiger partial charge in [0.15, 0.2) is 0 Å². The van der Waals surface area contributed by atoms with Crippen LogP contribution in [0.25, 0.3) is 11.1 Å². The summed E-state index contributed by atoms with van der Waals surface area (Å²) < 4.78 is 0.327. The molecule has 2 atom stereocenters. The van der Waals surface area contributed by atoms with E-state index in [1.165, 1.54) is 39.0 Å². The number of fused-ring (bicyclic) bond motifs is 4. The van der Waals surface area contributed by atoms with Crippen LogP contribution in [0.4, 0.5) is 0 Å². The van der Waals surface area contributed by atoms with Gasteiger partial charge in [0.05, 0.1) is 0 Å². The van der Waals surface area contributed by atoms with E-state index in [0.29, 0.717) is 21.4 Å². The molecule has 0 aliphatic heterocycles. The first-order valence-corrected chi connectivity index (χ1v) is 22.7. The molecule has 32 heavy (non-hydrogen) atoms. The minimum atomic E-state index is -2.67. The Labute approximate surface area is 206 Å². The van der Waals surface area contributed by atoms with Gasteiger partial charge < -0.3 is 0 Å². The zero-order chi connectivity index (χ0) is 22.1. The van der Waals surface area contributed by atoms with Crippen LogP contribution in [0.15, 0.2) is 94.1 Å². The van der Waals surface area contributed by atoms with E-state index in [4.69, 9.17) is 17.2 Å². The Hall–Kier alpha value is -1.15. The summed E-state index contributed by atoms with van der Waals surface area (Å²) in [7, 11) is 13.6. The van der Waals surface area contributed by atoms with Gasteiger partial charge in [0.2, 0.25) is 0 Å². The van der Waals surface area contributed by atoms with Gasteiger partial charge in [0, 0.05) is 0 Å². The van der Waals surface area contributed by atoms with Crippen molar-refractivity contribution in [3.8, 4) is 11.1 Å². The molecular weight excluding hydrogens is 598 g/mol. The van der Waals surface area contributed by atoms with Crippen molar-refractivity contribution in [1.82, 2.24) is 0 Å². The van der Waals surface area contributed by atoms with Crippen LogP contribution >= 0.6 is 17.2 Å². The second-order valence-electron chi connectivity index (χ2n) is 9.90. The summed E-state index contributed by atoms with van der Waals surface area (Å²) in [4.78, 5) is 0. The molecule has 3 heteroatoms. The standard InChI is InChI=1S/C29H27.2ClH.Hf/c1-17(2)27-25-15-14-20-18(3)16-19(28(20)27)12-13-26(25)29-23-10-6-4-8-21(23)22-9-5-7-11-24(22)29;;;/h4-13,16-17,27,29H,14-15H2,1-3H3;2*1H;/q;;;+2/p-2. The maximum absolute atomic E-state index is 6.78. The number of halogens is 2. The SMILES string of the molecule is CC1=C2CCC3=C(C4c5ccccc5-c5ccccc54)C=CC(=C2C3C(C)C)[CH]1[Hf]([Cl])[Cl]. The third-order valence-electron chi connectivity index (χ3n) is 8.03. The Balaban J connectivity index is 1.60. The van der Waals surface area contributed by atoms with Crippen LogP contribution in [-0.2, 0) is 19.1 Å². The van der Waals surface area contributed by atoms with E-state index in [1.54, 1.807) is 16.7 Å². The van der Waals surface area contributed by atoms with Crippen molar-refractivity contribution in [3.63, 3.8) is 0 Å². The topological polar surface area (TPSA) is 0 Å². The van der Waals surface area contributed by atoms with Crippen molar-refractivity contribution < 1.29 is 19.1 Å². The van der Waals surface area contributed by atoms with Crippen molar-refractivity contribution in [2.45, 2.75) is 43.2 Å². The van der Waals surface area contributed by atoms with Gasteiger partial charge in [-0.25, -0.2) is 0 Å². The molecule has 2 aromatic rings. The Bertz CT molecular complexity index is 1210. The molecule has 0 amide bonds. The van der Waals surface area contributed by atoms with Crippen LogP contribution in [0.3, 0.4) is 0 Å². The minimum absolute atomic E-state index is 0.312. The number of hydrogen-bond acceptors (Lipinski definition) is 0. The molecule has 1 fully saturated rings. The fourth-order valence-electron chi connectivity index (χ4n) is 6.82. The molecule has 0 N–H and O–H groups in total. The van der Waals surface area contributed by atoms with Crippen molar-refractivity contribution >= 4 is 17.2 Å². The average Bonchev–Trinajstić information content (AvgIpc) is 3.23. The summed E-state index contributed by atoms with van der Waals surface area (Å²) in [5.74, 6) is 1.34. The van der Waals surface area contributed by atoms with E-state index in [2.05, 4.69) is 81.5 Å². The molecule has 0 nitrogen and oxygen atoms in total. The summed E-state index contributed by atoms with van der Waals surface area (Å²) in [5.41, 5.74) is 14.9. The molecule has 0 heterocycles. The summed E-state index contributed by atoms with van der Waals surface area (Å²) in [6.07, 6.45) is 7.14. The van der Waals surface area contributed by atoms with Crippen molar-refractivity contribution in [2.24, 2.45) is 11.8 Å². The van der Waals surface area contributed by atoms with E-state index in [1.807, 2.05) is 0 Å². The number of benzene rings is 2. The zero-order valence-electron chi connectivity index (χ0n) is 18.8. The molecule has 161 valence electrons. The molecule has 2 aromatic carbocycles. The monoisotopic (exact) mass is 625 g/mol. The van der Waals surface area contributed by atoms with Gasteiger partial charge in [-0.2, -0.15) is 0 Å². The molecule has 1 saturated carbocycles. The molecule has 6 rings (SSSR count). The van der Waals surface area contributed by atoms with E-state index < -0.39 is 19.1 Å². The van der Waals surface area contributed by atoms with Gasteiger partial charge in [0.25, 0.3) is 0 Å². The van der Waals surface area contributed by atoms with Crippen molar-refractivity contribution in [2.75, 3.05) is 0 Å². The van der Waals surface area contributed by atoms with Gasteiger partial charge in [-0.1, -0.05) is 0 Å². The van der Waals surface area contributed by atoms with E-state index in [0.717, 1.165) is 12.8 Å². The van der Waals surface area contributed by atoms with E-state index in [9.17, 15) is 0 Å². The van der Waals surface area contributed by atoms with Crippen LogP contribution in [0.5, 0.6) is 0 Å². The first kappa shape index (κ1) is 21.4. The molecule has 4 aliphatic carbocycles. The quantitative estimate of drug-likeness (QED) is 0.299. The van der Waals surface area contributed by atoms with Crippen LogP contribution in [0, 0.1) is 11.8 Å². The Kier molecular flexibility index (Phi) is 5.32. The van der Waals surface area contributed by atoms with E-state index in [-0.39, 0.29) is 0 Å². The first-order chi connectivity index (χ1) is 15.5. The van der Waals surface area contributed by atoms with Gasteiger partial charge in [-0.15, -0.1) is 0 Å². The Morgan fingerprint density at radius 2 is 1.44 bits per heavy atom. The van der Waals surface area contributed by atoms with Gasteiger partial charge in [0.1, 0.15) is 0 Å². The van der Waals surface area contributed by atoms with E-state index >= 15 is 0 Å². The number of allylic oxidation sites excluding steroid dienone is 8. The molecular formula is C29H27Cl2Hf. The number of hydrogen-bond donors (Lipinski definition) is 0. The molecule has 0 radical (unpaired) electrons. The second-order valence-corrected chi connectivity index (χ2v) is 22.3. The summed E-state index contributed by atoms with van der Waals surface area (Å²) >= 11 is -2.67. The molecule has 0 aromatic heterocycles. The van der Waals surface area contributed by atoms with Gasteiger partial charge in [-0.05, 0) is 0 Å². The first-order valence-electron chi connectivity index (χ1n) is 11.7. The van der Waals surface area contributed by atoms with Gasteiger partial charge in [-0.3, -0.25) is 0 Å². The second kappa shape index (κ2) is 7.97. The predicted molar refractivity (Wildman–Crippen MR) is 133 cm³/mol. The third kappa shape index (κ3) is 2.97. The molecule has 2 bridgehead atoms. The fraction of sp³-hybridized carbons (Fsp3) is 0.310. The van der Waals surface area contributed by atoms with Gasteiger partial charge >= 0.3 is 208 Å². The summed E-state index contributed by atoms with van der Waals surface area (Å²) in [6.45, 7) is 7.08. The van der Waals surface area contributed by atoms with Crippen molar-refractivity contribution in [3.05, 3.63) is 105 Å². The third-order valence-corrected chi connectivity index (χ3v) is 15.8. The molecule has 0 saturated heterocycles. The van der Waals surface area contributed by atoms with Crippen molar-refractivity contribution in [1.29, 1.82) is 0 Å². The van der Waals surface area contributed by atoms with Crippen LogP contribution in [0.1, 0.15) is 50.7 Å². The number of rotatable bonds is 3. The average molecular weight is 625 g/mol. The maximum atomic E-state index is 6.78. The molecule has 2 unspecified atom stereocenters. The fourth-order valence-corrected chi connectivity index (χ4v) is 15.0. The Morgan fingerprint density at radius 1 is 0.844 bits per heavy atom. The summed E-state index contributed by atoms with van der Waals surface area (Å²) in [5, 5.41) is 0. The molecule has 4 aliphatic rings. The van der Waals surface area contributed by atoms with Crippen LogP contribution < -0.4 is 0 Å². The van der Waals surface area contributed by atoms with Crippen LogP contribution in [0.2, 0.25) is 3.67 Å². The zero-order valence-corrected chi connectivity index (χ0v) is 23.9. The Morgan fingerprint density at radius 3 is 2.03 bits per heavy atom. The molecule has 0 spiro atoms. The summed E-state index contributed by atoms with van der Waals surface area (Å²) in [6, 6.07) is 18.0. The predicted octanol–water partition coefficient (Wildman–Crippen LogP) is 9.07. The normalized spacial score (nSPS) is 23.8. The van der Waals surface area contributed by atoms with Crippen LogP contribution in [-0.4, -0.2) is 0 Å².